The normalized spacial score (nSPS) is 10.8. The average Bonchev–Trinajstić information content (AvgIpc) is 2.59. The van der Waals surface area contributed by atoms with Crippen LogP contribution in [-0.2, 0) is 4.79 Å². The largest absolute Gasteiger partial charge is 0.289 e. The van der Waals surface area contributed by atoms with E-state index in [9.17, 15) is 4.79 Å². The first-order valence-electron chi connectivity index (χ1n) is 10.5. The highest BCUT2D eigenvalue weighted by molar-refractivity contribution is 6.07. The van der Waals surface area contributed by atoms with Gasteiger partial charge in [-0.2, -0.15) is 0 Å². The summed E-state index contributed by atoms with van der Waals surface area (Å²) in [5.74, 6) is 0.131. The molecule has 0 aromatic heterocycles. The molecule has 0 amide bonds. The number of ketones is 1. The van der Waals surface area contributed by atoms with Crippen LogP contribution in [0, 0.1) is 0 Å². The molecule has 0 rings (SSSR count). The third-order valence-corrected chi connectivity index (χ3v) is 4.81. The second kappa shape index (κ2) is 17.0. The van der Waals surface area contributed by atoms with Gasteiger partial charge in [-0.1, -0.05) is 104 Å². The van der Waals surface area contributed by atoms with E-state index < -0.39 is 0 Å². The number of hydrogen-bond donors (Lipinski definition) is 0. The summed E-state index contributed by atoms with van der Waals surface area (Å²) in [4.78, 5) is 12.3. The van der Waals surface area contributed by atoms with Crippen molar-refractivity contribution in [3.8, 4) is 0 Å². The Morgan fingerprint density at radius 3 is 1.17 bits per heavy atom. The Balaban J connectivity index is 3.61. The minimum Gasteiger partial charge on any atom is -0.289 e. The van der Waals surface area contributed by atoms with E-state index in [1.165, 1.54) is 77.0 Å². The SMILES string of the molecule is C=C(CCCCCCCCC)C(=O)C(=C)CCCCCCCCC. The fourth-order valence-corrected chi connectivity index (χ4v) is 3.07. The van der Waals surface area contributed by atoms with Gasteiger partial charge in [0.1, 0.15) is 0 Å². The number of Topliss-reactive ketones (excluding diaryl/α,β-unsaturated/α-hetero) is 1. The van der Waals surface area contributed by atoms with E-state index in [-0.39, 0.29) is 5.78 Å². The average molecular weight is 335 g/mol. The van der Waals surface area contributed by atoms with Crippen LogP contribution in [0.4, 0.5) is 0 Å². The Labute approximate surface area is 152 Å². The van der Waals surface area contributed by atoms with Gasteiger partial charge < -0.3 is 0 Å². The Hall–Kier alpha value is -0.850. The molecule has 0 radical (unpaired) electrons. The molecule has 0 aliphatic carbocycles. The smallest absolute Gasteiger partial charge is 0.183 e. The molecule has 0 saturated heterocycles. The lowest BCUT2D eigenvalue weighted by molar-refractivity contribution is -0.112. The van der Waals surface area contributed by atoms with Crippen molar-refractivity contribution in [3.63, 3.8) is 0 Å². The Morgan fingerprint density at radius 2 is 0.833 bits per heavy atom. The van der Waals surface area contributed by atoms with Gasteiger partial charge in [0, 0.05) is 0 Å². The molecule has 0 N–H and O–H groups in total. The van der Waals surface area contributed by atoms with Crippen LogP contribution in [0.1, 0.15) is 117 Å². The predicted octanol–water partition coefficient (Wildman–Crippen LogP) is 7.95. The first-order chi connectivity index (χ1) is 11.6. The Morgan fingerprint density at radius 1 is 0.542 bits per heavy atom. The van der Waals surface area contributed by atoms with Crippen LogP contribution in [0.15, 0.2) is 24.3 Å². The molecular formula is C23H42O. The zero-order chi connectivity index (χ0) is 18.0. The van der Waals surface area contributed by atoms with E-state index in [0.717, 1.165) is 36.8 Å². The summed E-state index contributed by atoms with van der Waals surface area (Å²) >= 11 is 0. The topological polar surface area (TPSA) is 17.1 Å². The lowest BCUT2D eigenvalue weighted by Crippen LogP contribution is -2.05. The molecule has 0 spiro atoms. The van der Waals surface area contributed by atoms with Crippen molar-refractivity contribution in [2.24, 2.45) is 0 Å². The molecule has 1 heteroatoms. The van der Waals surface area contributed by atoms with Crippen LogP contribution < -0.4 is 0 Å². The van der Waals surface area contributed by atoms with Gasteiger partial charge in [-0.25, -0.2) is 0 Å². The summed E-state index contributed by atoms with van der Waals surface area (Å²) < 4.78 is 0. The molecule has 0 heterocycles. The molecule has 0 atom stereocenters. The molecule has 0 bridgehead atoms. The standard InChI is InChI=1S/C23H42O/c1-5-7-9-11-13-15-17-19-21(3)23(24)22(4)20-18-16-14-12-10-8-6-2/h3-20H2,1-2H3. The molecule has 0 fully saturated rings. The molecule has 0 saturated carbocycles. The zero-order valence-corrected chi connectivity index (χ0v) is 16.6. The number of allylic oxidation sites excluding steroid dienone is 2. The van der Waals surface area contributed by atoms with Crippen molar-refractivity contribution in [2.45, 2.75) is 117 Å². The molecule has 0 aromatic carbocycles. The molecule has 0 aliphatic rings. The summed E-state index contributed by atoms with van der Waals surface area (Å²) in [6, 6.07) is 0. The Kier molecular flexibility index (Phi) is 16.4. The monoisotopic (exact) mass is 334 g/mol. The van der Waals surface area contributed by atoms with Gasteiger partial charge in [-0.3, -0.25) is 4.79 Å². The number of carbonyl (C=O) groups is 1. The quantitative estimate of drug-likeness (QED) is 0.183. The second-order valence-electron chi connectivity index (χ2n) is 7.28. The molecule has 140 valence electrons. The summed E-state index contributed by atoms with van der Waals surface area (Å²) in [7, 11) is 0. The first-order valence-corrected chi connectivity index (χ1v) is 10.5. The van der Waals surface area contributed by atoms with Crippen LogP contribution in [0.3, 0.4) is 0 Å². The highest BCUT2D eigenvalue weighted by Crippen LogP contribution is 2.18. The van der Waals surface area contributed by atoms with Gasteiger partial charge in [-0.05, 0) is 36.8 Å². The fourth-order valence-electron chi connectivity index (χ4n) is 3.07. The van der Waals surface area contributed by atoms with Crippen molar-refractivity contribution in [1.82, 2.24) is 0 Å². The van der Waals surface area contributed by atoms with E-state index in [0.29, 0.717) is 0 Å². The summed E-state index contributed by atoms with van der Waals surface area (Å²) in [5, 5.41) is 0. The van der Waals surface area contributed by atoms with E-state index in [2.05, 4.69) is 27.0 Å². The lowest BCUT2D eigenvalue weighted by Gasteiger charge is -2.08. The van der Waals surface area contributed by atoms with Gasteiger partial charge >= 0.3 is 0 Å². The maximum Gasteiger partial charge on any atom is 0.183 e. The number of hydrogen-bond acceptors (Lipinski definition) is 1. The molecule has 24 heavy (non-hydrogen) atoms. The third kappa shape index (κ3) is 13.6. The summed E-state index contributed by atoms with van der Waals surface area (Å²) in [6.07, 6.45) is 19.6. The van der Waals surface area contributed by atoms with Crippen LogP contribution in [-0.4, -0.2) is 5.78 Å². The van der Waals surface area contributed by atoms with Gasteiger partial charge in [0.2, 0.25) is 0 Å². The van der Waals surface area contributed by atoms with Crippen molar-refractivity contribution in [2.75, 3.05) is 0 Å². The maximum atomic E-state index is 12.3. The second-order valence-corrected chi connectivity index (χ2v) is 7.28. The van der Waals surface area contributed by atoms with Crippen LogP contribution in [0.25, 0.3) is 0 Å². The van der Waals surface area contributed by atoms with Gasteiger partial charge in [0.05, 0.1) is 0 Å². The number of carbonyl (C=O) groups excluding carboxylic acids is 1. The molecular weight excluding hydrogens is 292 g/mol. The zero-order valence-electron chi connectivity index (χ0n) is 16.6. The predicted molar refractivity (Wildman–Crippen MR) is 109 cm³/mol. The molecule has 0 aliphatic heterocycles. The lowest BCUT2D eigenvalue weighted by atomic mass is 9.96. The maximum absolute atomic E-state index is 12.3. The number of rotatable bonds is 18. The van der Waals surface area contributed by atoms with Crippen LogP contribution in [0.2, 0.25) is 0 Å². The van der Waals surface area contributed by atoms with E-state index in [4.69, 9.17) is 0 Å². The van der Waals surface area contributed by atoms with Crippen molar-refractivity contribution >= 4 is 5.78 Å². The van der Waals surface area contributed by atoms with Gasteiger partial charge in [-0.15, -0.1) is 0 Å². The van der Waals surface area contributed by atoms with Crippen LogP contribution in [0.5, 0.6) is 0 Å². The Bertz CT molecular complexity index is 308. The van der Waals surface area contributed by atoms with Crippen molar-refractivity contribution in [1.29, 1.82) is 0 Å². The minimum absolute atomic E-state index is 0.131. The van der Waals surface area contributed by atoms with Crippen molar-refractivity contribution < 1.29 is 4.79 Å². The third-order valence-electron chi connectivity index (χ3n) is 4.81. The van der Waals surface area contributed by atoms with E-state index in [1.54, 1.807) is 0 Å². The minimum atomic E-state index is 0.131. The van der Waals surface area contributed by atoms with Gasteiger partial charge in [0.25, 0.3) is 0 Å². The number of unbranched alkanes of at least 4 members (excludes halogenated alkanes) is 12. The first kappa shape index (κ1) is 23.1. The highest BCUT2D eigenvalue weighted by Gasteiger charge is 2.10. The fraction of sp³-hybridized carbons (Fsp3) is 0.783. The molecule has 1 nitrogen and oxygen atoms in total. The molecule has 0 aromatic rings. The van der Waals surface area contributed by atoms with E-state index in [1.807, 2.05) is 0 Å². The van der Waals surface area contributed by atoms with Gasteiger partial charge in [0.15, 0.2) is 5.78 Å². The highest BCUT2D eigenvalue weighted by atomic mass is 16.1. The van der Waals surface area contributed by atoms with E-state index >= 15 is 0 Å². The summed E-state index contributed by atoms with van der Waals surface area (Å²) in [5.41, 5.74) is 1.55. The van der Waals surface area contributed by atoms with Crippen LogP contribution >= 0.6 is 0 Å². The van der Waals surface area contributed by atoms with Crippen molar-refractivity contribution in [3.05, 3.63) is 24.3 Å². The summed E-state index contributed by atoms with van der Waals surface area (Å²) in [6.45, 7) is 12.5. The molecule has 0 unspecified atom stereocenters.